The topological polar surface area (TPSA) is 132 Å². The highest BCUT2D eigenvalue weighted by Gasteiger charge is 2.28. The first-order valence-electron chi connectivity index (χ1n) is 14.9. The summed E-state index contributed by atoms with van der Waals surface area (Å²) in [5, 5.41) is 9.77. The van der Waals surface area contributed by atoms with Gasteiger partial charge in [-0.3, -0.25) is 14.4 Å². The first kappa shape index (κ1) is 29.7. The Balaban J connectivity index is 1.22. The highest BCUT2D eigenvalue weighted by Crippen LogP contribution is 2.41. The number of fused-ring (bicyclic) bond motifs is 12. The van der Waals surface area contributed by atoms with Crippen LogP contribution in [0.5, 0.6) is 17.2 Å². The molecule has 11 nitrogen and oxygen atoms in total. The highest BCUT2D eigenvalue weighted by molar-refractivity contribution is 5.96. The van der Waals surface area contributed by atoms with Crippen LogP contribution in [0.2, 0.25) is 0 Å². The SMILES string of the molecule is COc1ccc2cc1OCCCCN(C(=O)c1cc(-c3ccccc3)on1)CC(=O)NCCOc1ccc3c(c1)NC(=O)CC23. The molecule has 1 aromatic heterocycles. The molecule has 3 aliphatic rings. The van der Waals surface area contributed by atoms with Gasteiger partial charge in [0.15, 0.2) is 23.0 Å². The summed E-state index contributed by atoms with van der Waals surface area (Å²) < 4.78 is 23.0. The van der Waals surface area contributed by atoms with Gasteiger partial charge in [0.05, 0.1) is 26.8 Å². The molecule has 7 rings (SSSR count). The Morgan fingerprint density at radius 2 is 1.82 bits per heavy atom. The molecular formula is C34H34N4O7. The molecule has 0 saturated carbocycles. The number of ether oxygens (including phenoxy) is 3. The summed E-state index contributed by atoms with van der Waals surface area (Å²) in [7, 11) is 1.58. The van der Waals surface area contributed by atoms with Crippen molar-refractivity contribution in [3.05, 3.63) is 89.6 Å². The number of hydrogen-bond acceptors (Lipinski definition) is 8. The maximum atomic E-state index is 13.5. The van der Waals surface area contributed by atoms with E-state index in [-0.39, 0.29) is 43.1 Å². The van der Waals surface area contributed by atoms with Crippen LogP contribution >= 0.6 is 0 Å². The molecular weight excluding hydrogens is 576 g/mol. The number of hydrogen-bond donors (Lipinski definition) is 2. The Labute approximate surface area is 260 Å². The van der Waals surface area contributed by atoms with Crippen molar-refractivity contribution in [3.63, 3.8) is 0 Å². The van der Waals surface area contributed by atoms with E-state index < -0.39 is 5.91 Å². The molecule has 4 aromatic rings. The number of nitrogens with zero attached hydrogens (tertiary/aromatic N) is 2. The fourth-order valence-electron chi connectivity index (χ4n) is 5.56. The first-order chi connectivity index (χ1) is 22.0. The van der Waals surface area contributed by atoms with Crippen molar-refractivity contribution in [1.82, 2.24) is 15.4 Å². The van der Waals surface area contributed by atoms with Crippen LogP contribution in [0.3, 0.4) is 0 Å². The smallest absolute Gasteiger partial charge is 0.276 e. The van der Waals surface area contributed by atoms with Crippen LogP contribution in [0.25, 0.3) is 11.3 Å². The number of nitrogens with one attached hydrogen (secondary N) is 2. The largest absolute Gasteiger partial charge is 0.493 e. The van der Waals surface area contributed by atoms with Gasteiger partial charge in [0.1, 0.15) is 12.4 Å². The van der Waals surface area contributed by atoms with Crippen LogP contribution in [0.1, 0.15) is 46.8 Å². The standard InChI is InChI=1S/C34H34N4O7/c1-42-29-12-9-23-17-31(29)44-15-6-5-14-38(34(41)28-20-30(45-37-28)22-7-3-2-4-8-22)21-33(40)35-13-16-43-24-10-11-25-26(23)19-32(39)36-27(25)18-24/h2-4,7-12,17-18,20,26H,5-6,13-16,19,21H2,1H3,(H,35,40)(H,36,39). The number of methoxy groups -OCH3 is 1. The third-order valence-electron chi connectivity index (χ3n) is 7.84. The summed E-state index contributed by atoms with van der Waals surface area (Å²) in [5.74, 6) is 1.20. The number of amides is 3. The van der Waals surface area contributed by atoms with Gasteiger partial charge in [-0.1, -0.05) is 47.6 Å². The van der Waals surface area contributed by atoms with Crippen LogP contribution < -0.4 is 24.8 Å². The molecule has 232 valence electrons. The van der Waals surface area contributed by atoms with Crippen molar-refractivity contribution in [1.29, 1.82) is 0 Å². The second kappa shape index (κ2) is 13.5. The lowest BCUT2D eigenvalue weighted by Gasteiger charge is -2.27. The maximum Gasteiger partial charge on any atom is 0.276 e. The van der Waals surface area contributed by atoms with Gasteiger partial charge in [-0.15, -0.1) is 0 Å². The van der Waals surface area contributed by atoms with E-state index in [0.717, 1.165) is 16.7 Å². The van der Waals surface area contributed by atoms with Crippen molar-refractivity contribution in [2.45, 2.75) is 25.2 Å². The van der Waals surface area contributed by atoms with Gasteiger partial charge in [-0.25, -0.2) is 0 Å². The minimum Gasteiger partial charge on any atom is -0.493 e. The lowest BCUT2D eigenvalue weighted by molar-refractivity contribution is -0.122. The highest BCUT2D eigenvalue weighted by atomic mass is 16.5. The average Bonchev–Trinajstić information content (AvgIpc) is 3.56. The van der Waals surface area contributed by atoms with Crippen molar-refractivity contribution >= 4 is 23.4 Å². The lowest BCUT2D eigenvalue weighted by Crippen LogP contribution is -2.42. The minimum absolute atomic E-state index is 0.0849. The Kier molecular flexibility index (Phi) is 8.95. The van der Waals surface area contributed by atoms with Crippen molar-refractivity contribution in [2.75, 3.05) is 45.3 Å². The van der Waals surface area contributed by atoms with E-state index in [1.807, 2.05) is 60.7 Å². The van der Waals surface area contributed by atoms with Crippen LogP contribution in [-0.2, 0) is 9.59 Å². The van der Waals surface area contributed by atoms with Gasteiger partial charge in [0, 0.05) is 42.3 Å². The van der Waals surface area contributed by atoms with Gasteiger partial charge >= 0.3 is 0 Å². The van der Waals surface area contributed by atoms with Crippen LogP contribution in [0, 0.1) is 0 Å². The fourth-order valence-corrected chi connectivity index (χ4v) is 5.56. The summed E-state index contributed by atoms with van der Waals surface area (Å²) in [4.78, 5) is 40.5. The lowest BCUT2D eigenvalue weighted by atomic mass is 9.84. The summed E-state index contributed by atoms with van der Waals surface area (Å²) in [6, 6.07) is 22.3. The Bertz CT molecular complexity index is 1690. The predicted octanol–water partition coefficient (Wildman–Crippen LogP) is 4.63. The summed E-state index contributed by atoms with van der Waals surface area (Å²) >= 11 is 0. The minimum atomic E-state index is -0.403. The number of aromatic nitrogens is 1. The second-order valence-electron chi connectivity index (χ2n) is 10.9. The van der Waals surface area contributed by atoms with E-state index in [1.54, 1.807) is 19.2 Å². The zero-order chi connectivity index (χ0) is 31.2. The van der Waals surface area contributed by atoms with E-state index >= 15 is 0 Å². The molecule has 4 heterocycles. The molecule has 11 heteroatoms. The van der Waals surface area contributed by atoms with Gasteiger partial charge in [-0.05, 0) is 42.2 Å². The van der Waals surface area contributed by atoms with Gasteiger partial charge in [0.2, 0.25) is 11.8 Å². The number of carbonyl (C=O) groups is 3. The van der Waals surface area contributed by atoms with Crippen molar-refractivity contribution in [3.8, 4) is 28.6 Å². The number of benzene rings is 3. The molecule has 3 aromatic carbocycles. The van der Waals surface area contributed by atoms with E-state index in [1.165, 1.54) is 4.90 Å². The maximum absolute atomic E-state index is 13.5. The van der Waals surface area contributed by atoms with Crippen LogP contribution in [0.15, 0.2) is 77.3 Å². The average molecular weight is 611 g/mol. The molecule has 0 fully saturated rings. The molecule has 0 radical (unpaired) electrons. The van der Waals surface area contributed by atoms with E-state index in [9.17, 15) is 14.4 Å². The van der Waals surface area contributed by atoms with Gasteiger partial charge < -0.3 is 34.3 Å². The third kappa shape index (κ3) is 6.93. The third-order valence-corrected chi connectivity index (χ3v) is 7.84. The first-order valence-corrected chi connectivity index (χ1v) is 14.9. The second-order valence-corrected chi connectivity index (χ2v) is 10.9. The molecule has 2 N–H and O–H groups in total. The van der Waals surface area contributed by atoms with Crippen molar-refractivity contribution < 1.29 is 33.1 Å². The van der Waals surface area contributed by atoms with Gasteiger partial charge in [0.25, 0.3) is 5.91 Å². The van der Waals surface area contributed by atoms with E-state index in [4.69, 9.17) is 18.7 Å². The zero-order valence-corrected chi connectivity index (χ0v) is 24.9. The Hall–Kier alpha value is -5.32. The monoisotopic (exact) mass is 610 g/mol. The van der Waals surface area contributed by atoms with E-state index in [2.05, 4.69) is 15.8 Å². The zero-order valence-electron chi connectivity index (χ0n) is 24.9. The van der Waals surface area contributed by atoms with Crippen LogP contribution in [-0.4, -0.2) is 67.7 Å². The molecule has 1 unspecified atom stereocenters. The number of rotatable bonds is 3. The Morgan fingerprint density at radius 3 is 2.67 bits per heavy atom. The van der Waals surface area contributed by atoms with Crippen molar-refractivity contribution in [2.24, 2.45) is 0 Å². The summed E-state index contributed by atoms with van der Waals surface area (Å²) in [5.41, 5.74) is 3.52. The Morgan fingerprint density at radius 1 is 0.956 bits per heavy atom. The molecule has 1 atom stereocenters. The number of carbonyl (C=O) groups excluding carboxylic acids is 3. The molecule has 6 bridgehead atoms. The molecule has 0 spiro atoms. The molecule has 0 aliphatic carbocycles. The summed E-state index contributed by atoms with van der Waals surface area (Å²) in [6.45, 7) is 0.951. The summed E-state index contributed by atoms with van der Waals surface area (Å²) in [6.07, 6.45) is 1.48. The molecule has 0 saturated heterocycles. The predicted molar refractivity (Wildman–Crippen MR) is 166 cm³/mol. The van der Waals surface area contributed by atoms with E-state index in [0.29, 0.717) is 61.1 Å². The number of anilines is 1. The fraction of sp³-hybridized carbons (Fsp3) is 0.294. The quantitative estimate of drug-likeness (QED) is 0.321. The molecule has 45 heavy (non-hydrogen) atoms. The molecule has 3 amide bonds. The molecule has 3 aliphatic heterocycles. The van der Waals surface area contributed by atoms with Crippen LogP contribution in [0.4, 0.5) is 5.69 Å². The normalized spacial score (nSPS) is 17.4. The van der Waals surface area contributed by atoms with Gasteiger partial charge in [-0.2, -0.15) is 0 Å².